The topological polar surface area (TPSA) is 48.4 Å². The Balaban J connectivity index is 3.10. The minimum Gasteiger partial charge on any atom is -0.469 e. The van der Waals surface area contributed by atoms with E-state index in [1.807, 2.05) is 0 Å². The number of hydrogen-bond donors (Lipinski definition) is 0. The Morgan fingerprint density at radius 2 is 2.11 bits per heavy atom. The zero-order valence-electron chi connectivity index (χ0n) is 9.55. The molecule has 106 valence electrons. The van der Waals surface area contributed by atoms with Crippen molar-refractivity contribution in [2.75, 3.05) is 7.11 Å². The van der Waals surface area contributed by atoms with Crippen molar-refractivity contribution in [3.8, 4) is 5.75 Å². The van der Waals surface area contributed by atoms with E-state index < -0.39 is 12.3 Å². The van der Waals surface area contributed by atoms with Crippen molar-refractivity contribution in [3.63, 3.8) is 0 Å². The van der Waals surface area contributed by atoms with Crippen LogP contribution in [0.15, 0.2) is 6.07 Å². The van der Waals surface area contributed by atoms with E-state index in [1.54, 1.807) is 22.6 Å². The lowest BCUT2D eigenvalue weighted by Crippen LogP contribution is -2.19. The third kappa shape index (κ3) is 5.13. The lowest BCUT2D eigenvalue weighted by molar-refractivity contribution is -0.275. The molecule has 0 aromatic carbocycles. The first-order valence-corrected chi connectivity index (χ1v) is 7.03. The van der Waals surface area contributed by atoms with Crippen molar-refractivity contribution in [3.05, 3.63) is 21.0 Å². The van der Waals surface area contributed by atoms with E-state index in [4.69, 9.17) is 0 Å². The van der Waals surface area contributed by atoms with Gasteiger partial charge in [-0.15, -0.1) is 13.2 Å². The molecule has 0 bridgehead atoms. The van der Waals surface area contributed by atoms with Crippen molar-refractivity contribution >= 4 is 44.5 Å². The van der Waals surface area contributed by atoms with Crippen LogP contribution in [-0.2, 0) is 21.3 Å². The summed E-state index contributed by atoms with van der Waals surface area (Å²) in [6.07, 6.45) is -4.90. The van der Waals surface area contributed by atoms with Gasteiger partial charge in [-0.1, -0.05) is 15.9 Å². The molecule has 1 aromatic rings. The fourth-order valence-electron chi connectivity index (χ4n) is 1.19. The molecular weight excluding hydrogens is 446 g/mol. The van der Waals surface area contributed by atoms with Gasteiger partial charge in [-0.05, 0) is 28.7 Å². The molecule has 0 saturated heterocycles. The third-order valence-electron chi connectivity index (χ3n) is 1.98. The smallest absolute Gasteiger partial charge is 0.469 e. The molecule has 0 unspecified atom stereocenters. The zero-order chi connectivity index (χ0) is 14.6. The molecule has 4 nitrogen and oxygen atoms in total. The molecule has 0 amide bonds. The first kappa shape index (κ1) is 16.5. The van der Waals surface area contributed by atoms with E-state index in [0.29, 0.717) is 9.26 Å². The van der Waals surface area contributed by atoms with E-state index in [2.05, 4.69) is 30.4 Å². The minimum atomic E-state index is -4.79. The summed E-state index contributed by atoms with van der Waals surface area (Å²) in [5.41, 5.74) is 0.410. The molecule has 0 aliphatic rings. The lowest BCUT2D eigenvalue weighted by atomic mass is 10.2. The summed E-state index contributed by atoms with van der Waals surface area (Å²) in [6, 6.07) is 1.19. The Labute approximate surface area is 128 Å². The highest BCUT2D eigenvalue weighted by atomic mass is 127. The zero-order valence-corrected chi connectivity index (χ0v) is 13.3. The second kappa shape index (κ2) is 6.73. The molecule has 9 heteroatoms. The maximum atomic E-state index is 12.2. The molecule has 1 heterocycles. The van der Waals surface area contributed by atoms with Crippen LogP contribution in [0.2, 0.25) is 0 Å². The second-order valence-electron chi connectivity index (χ2n) is 3.30. The summed E-state index contributed by atoms with van der Waals surface area (Å²) in [7, 11) is 1.22. The number of halogens is 5. The van der Waals surface area contributed by atoms with Crippen LogP contribution >= 0.6 is 38.5 Å². The van der Waals surface area contributed by atoms with Crippen LogP contribution in [0.4, 0.5) is 13.2 Å². The molecular formula is C10H8BrF3INO3. The van der Waals surface area contributed by atoms with Crippen LogP contribution in [0.5, 0.6) is 5.75 Å². The molecule has 19 heavy (non-hydrogen) atoms. The molecule has 0 fully saturated rings. The molecule has 0 aliphatic carbocycles. The lowest BCUT2D eigenvalue weighted by Gasteiger charge is -2.13. The largest absolute Gasteiger partial charge is 0.573 e. The highest BCUT2D eigenvalue weighted by molar-refractivity contribution is 14.1. The van der Waals surface area contributed by atoms with Gasteiger partial charge in [0.2, 0.25) is 0 Å². The Morgan fingerprint density at radius 3 is 2.58 bits per heavy atom. The Hall–Kier alpha value is -0.580. The predicted molar refractivity (Wildman–Crippen MR) is 72.0 cm³/mol. The third-order valence-corrected chi connectivity index (χ3v) is 3.44. The Kier molecular flexibility index (Phi) is 5.83. The minimum absolute atomic E-state index is 0.0663. The van der Waals surface area contributed by atoms with Gasteiger partial charge in [0.25, 0.3) is 0 Å². The van der Waals surface area contributed by atoms with Crippen LogP contribution in [0.25, 0.3) is 0 Å². The number of hydrogen-bond acceptors (Lipinski definition) is 4. The van der Waals surface area contributed by atoms with Gasteiger partial charge in [0.15, 0.2) is 5.75 Å². The van der Waals surface area contributed by atoms with E-state index in [1.165, 1.54) is 13.2 Å². The molecule has 1 rings (SSSR count). The highest BCUT2D eigenvalue weighted by Crippen LogP contribution is 2.29. The number of ether oxygens (including phenoxy) is 2. The molecule has 0 spiro atoms. The maximum Gasteiger partial charge on any atom is 0.573 e. The number of nitrogens with zero attached hydrogens (tertiary/aromatic N) is 1. The summed E-state index contributed by atoms with van der Waals surface area (Å²) in [5, 5.41) is 0.0729. The van der Waals surface area contributed by atoms with Gasteiger partial charge >= 0.3 is 12.3 Å². The number of rotatable bonds is 4. The van der Waals surface area contributed by atoms with Crippen LogP contribution < -0.4 is 4.74 Å². The summed E-state index contributed by atoms with van der Waals surface area (Å²) < 4.78 is 45.4. The monoisotopic (exact) mass is 453 g/mol. The molecule has 0 atom stereocenters. The standard InChI is InChI=1S/C10H8BrF3INO3/c1-18-9(17)3-6-5(15)2-8(7(4-11)16-6)19-10(12,13)14/h2H,3-4H2,1H3. The first-order valence-electron chi connectivity index (χ1n) is 4.83. The van der Waals surface area contributed by atoms with Crippen LogP contribution in [0, 0.1) is 3.57 Å². The van der Waals surface area contributed by atoms with Crippen molar-refractivity contribution < 1.29 is 27.4 Å². The van der Waals surface area contributed by atoms with Gasteiger partial charge in [-0.25, -0.2) is 0 Å². The fraction of sp³-hybridized carbons (Fsp3) is 0.400. The van der Waals surface area contributed by atoms with Gasteiger partial charge in [-0.3, -0.25) is 9.78 Å². The summed E-state index contributed by atoms with van der Waals surface area (Å²) in [5.74, 6) is -0.905. The number of carbonyl (C=O) groups excluding carboxylic acids is 1. The van der Waals surface area contributed by atoms with Gasteiger partial charge in [0, 0.05) is 8.90 Å². The van der Waals surface area contributed by atoms with Crippen LogP contribution in [0.1, 0.15) is 11.4 Å². The van der Waals surface area contributed by atoms with Gasteiger partial charge in [-0.2, -0.15) is 0 Å². The van der Waals surface area contributed by atoms with Crippen molar-refractivity contribution in [1.29, 1.82) is 0 Å². The maximum absolute atomic E-state index is 12.2. The van der Waals surface area contributed by atoms with Crippen molar-refractivity contribution in [1.82, 2.24) is 4.98 Å². The highest BCUT2D eigenvalue weighted by Gasteiger charge is 2.32. The predicted octanol–water partition coefficient (Wildman–Crippen LogP) is 3.20. The number of carbonyl (C=O) groups is 1. The fourth-order valence-corrected chi connectivity index (χ4v) is 2.19. The summed E-state index contributed by atoms with van der Waals surface area (Å²) in [6.45, 7) is 0. The van der Waals surface area contributed by atoms with E-state index in [9.17, 15) is 18.0 Å². The van der Waals surface area contributed by atoms with Gasteiger partial charge in [0.05, 0.1) is 24.9 Å². The molecule has 0 radical (unpaired) electrons. The van der Waals surface area contributed by atoms with Gasteiger partial charge in [0.1, 0.15) is 0 Å². The molecule has 0 N–H and O–H groups in total. The second-order valence-corrected chi connectivity index (χ2v) is 5.02. The van der Waals surface area contributed by atoms with E-state index >= 15 is 0 Å². The quantitative estimate of drug-likeness (QED) is 0.399. The molecule has 0 saturated carbocycles. The SMILES string of the molecule is COC(=O)Cc1nc(CBr)c(OC(F)(F)F)cc1I. The average molecular weight is 454 g/mol. The van der Waals surface area contributed by atoms with Crippen LogP contribution in [-0.4, -0.2) is 24.4 Å². The number of alkyl halides is 4. The molecule has 0 aliphatic heterocycles. The number of aromatic nitrogens is 1. The first-order chi connectivity index (χ1) is 8.76. The Morgan fingerprint density at radius 1 is 1.47 bits per heavy atom. The Bertz CT molecular complexity index is 482. The van der Waals surface area contributed by atoms with E-state index in [-0.39, 0.29) is 23.2 Å². The van der Waals surface area contributed by atoms with Crippen molar-refractivity contribution in [2.24, 2.45) is 0 Å². The summed E-state index contributed by atoms with van der Waals surface area (Å²) >= 11 is 4.82. The normalized spacial score (nSPS) is 11.3. The van der Waals surface area contributed by atoms with Crippen molar-refractivity contribution in [2.45, 2.75) is 18.1 Å². The number of esters is 1. The van der Waals surface area contributed by atoms with Crippen LogP contribution in [0.3, 0.4) is 0 Å². The molecule has 1 aromatic heterocycles. The summed E-state index contributed by atoms with van der Waals surface area (Å²) in [4.78, 5) is 15.1. The number of methoxy groups -OCH3 is 1. The van der Waals surface area contributed by atoms with E-state index in [0.717, 1.165) is 0 Å². The van der Waals surface area contributed by atoms with Gasteiger partial charge < -0.3 is 9.47 Å². The number of pyridine rings is 1. The average Bonchev–Trinajstić information content (AvgIpc) is 2.30.